The van der Waals surface area contributed by atoms with Crippen molar-refractivity contribution in [2.24, 2.45) is 0 Å². The molecular formula is C19H27BrN2O3. The van der Waals surface area contributed by atoms with Crippen molar-refractivity contribution < 1.29 is 14.3 Å². The number of halogens is 1. The topological polar surface area (TPSA) is 58.6 Å². The zero-order valence-electron chi connectivity index (χ0n) is 15.0. The summed E-state index contributed by atoms with van der Waals surface area (Å²) in [6.45, 7) is 3.75. The molecule has 6 heteroatoms. The first kappa shape index (κ1) is 19.8. The molecule has 2 amide bonds. The molecule has 5 nitrogen and oxygen atoms in total. The van der Waals surface area contributed by atoms with Crippen LogP contribution in [0.3, 0.4) is 0 Å². The largest absolute Gasteiger partial charge is 0.443 e. The maximum atomic E-state index is 12.8. The molecular weight excluding hydrogens is 384 g/mol. The van der Waals surface area contributed by atoms with Gasteiger partial charge in [0.2, 0.25) is 0 Å². The summed E-state index contributed by atoms with van der Waals surface area (Å²) in [6.07, 6.45) is 5.68. The van der Waals surface area contributed by atoms with Crippen molar-refractivity contribution in [1.82, 2.24) is 10.4 Å². The second-order valence-corrected chi connectivity index (χ2v) is 8.95. The van der Waals surface area contributed by atoms with E-state index in [1.165, 1.54) is 17.9 Å². The zero-order chi connectivity index (χ0) is 18.3. The van der Waals surface area contributed by atoms with Gasteiger partial charge in [-0.05, 0) is 32.3 Å². The van der Waals surface area contributed by atoms with Crippen molar-refractivity contribution >= 4 is 27.9 Å². The smallest absolute Gasteiger partial charge is 0.426 e. The van der Waals surface area contributed by atoms with Crippen molar-refractivity contribution in [1.29, 1.82) is 0 Å². The molecule has 0 unspecified atom stereocenters. The second kappa shape index (κ2) is 9.22. The van der Waals surface area contributed by atoms with Crippen molar-refractivity contribution in [2.45, 2.75) is 69.3 Å². The van der Waals surface area contributed by atoms with Gasteiger partial charge in [-0.2, -0.15) is 0 Å². The van der Waals surface area contributed by atoms with E-state index in [2.05, 4.69) is 21.4 Å². The lowest BCUT2D eigenvalue weighted by molar-refractivity contribution is -0.138. The summed E-state index contributed by atoms with van der Waals surface area (Å²) in [7, 11) is 0. The first-order chi connectivity index (χ1) is 11.9. The molecule has 1 fully saturated rings. The number of carbonyl (C=O) groups excluding carboxylic acids is 2. The third-order valence-corrected chi connectivity index (χ3v) is 4.68. The Morgan fingerprint density at radius 3 is 2.32 bits per heavy atom. The number of amides is 2. The Bertz CT molecular complexity index is 564. The number of hydrogen-bond donors (Lipinski definition) is 1. The van der Waals surface area contributed by atoms with Crippen molar-refractivity contribution in [3.05, 3.63) is 35.9 Å². The monoisotopic (exact) mass is 410 g/mol. The summed E-state index contributed by atoms with van der Waals surface area (Å²) in [5.41, 5.74) is 3.59. The van der Waals surface area contributed by atoms with E-state index in [0.29, 0.717) is 0 Å². The van der Waals surface area contributed by atoms with E-state index >= 15 is 0 Å². The molecule has 1 aromatic carbocycles. The minimum Gasteiger partial charge on any atom is -0.443 e. The molecule has 0 aliphatic heterocycles. The van der Waals surface area contributed by atoms with Gasteiger partial charge in [0.1, 0.15) is 10.9 Å². The van der Waals surface area contributed by atoms with Gasteiger partial charge in [0, 0.05) is 0 Å². The van der Waals surface area contributed by atoms with Crippen LogP contribution in [0.5, 0.6) is 0 Å². The molecule has 0 radical (unpaired) electrons. The van der Waals surface area contributed by atoms with Crippen LogP contribution in [0.25, 0.3) is 0 Å². The number of rotatable bonds is 4. The zero-order valence-corrected chi connectivity index (χ0v) is 16.5. The molecule has 2 rings (SSSR count). The SMILES string of the molecule is CC(C)(Br)C(=O)N(NC(=O)OCc1ccccc1)C1CCCCCC1. The van der Waals surface area contributed by atoms with Crippen LogP contribution in [0.4, 0.5) is 4.79 Å². The molecule has 0 spiro atoms. The minimum absolute atomic E-state index is 0.0103. The van der Waals surface area contributed by atoms with Gasteiger partial charge in [0.25, 0.3) is 5.91 Å². The van der Waals surface area contributed by atoms with Gasteiger partial charge in [-0.25, -0.2) is 15.2 Å². The third-order valence-electron chi connectivity index (χ3n) is 4.34. The summed E-state index contributed by atoms with van der Waals surface area (Å²) >= 11 is 3.41. The Morgan fingerprint density at radius 2 is 1.76 bits per heavy atom. The molecule has 25 heavy (non-hydrogen) atoms. The summed E-state index contributed by atoms with van der Waals surface area (Å²) in [6, 6.07) is 9.49. The van der Waals surface area contributed by atoms with E-state index in [1.54, 1.807) is 13.8 Å². The van der Waals surface area contributed by atoms with E-state index in [4.69, 9.17) is 4.74 Å². The van der Waals surface area contributed by atoms with Crippen LogP contribution < -0.4 is 5.43 Å². The number of nitrogens with zero attached hydrogens (tertiary/aromatic N) is 1. The molecule has 0 saturated heterocycles. The van der Waals surface area contributed by atoms with Crippen LogP contribution in [0.2, 0.25) is 0 Å². The lowest BCUT2D eigenvalue weighted by Gasteiger charge is -2.34. The predicted octanol–water partition coefficient (Wildman–Crippen LogP) is 4.55. The Labute approximate surface area is 158 Å². The summed E-state index contributed by atoms with van der Waals surface area (Å²) in [4.78, 5) is 25.0. The van der Waals surface area contributed by atoms with Gasteiger partial charge >= 0.3 is 6.09 Å². The van der Waals surface area contributed by atoms with Gasteiger partial charge in [-0.15, -0.1) is 0 Å². The summed E-state index contributed by atoms with van der Waals surface area (Å²) < 4.78 is 4.54. The number of benzene rings is 1. The molecule has 1 N–H and O–H groups in total. The normalized spacial score (nSPS) is 16.0. The van der Waals surface area contributed by atoms with Gasteiger partial charge < -0.3 is 4.74 Å². The highest BCUT2D eigenvalue weighted by Crippen LogP contribution is 2.26. The van der Waals surface area contributed by atoms with E-state index in [9.17, 15) is 9.59 Å². The fourth-order valence-electron chi connectivity index (χ4n) is 2.96. The van der Waals surface area contributed by atoms with Crippen LogP contribution in [-0.4, -0.2) is 27.4 Å². The van der Waals surface area contributed by atoms with Crippen molar-refractivity contribution in [3.8, 4) is 0 Å². The molecule has 0 aromatic heterocycles. The lowest BCUT2D eigenvalue weighted by atomic mass is 10.1. The third kappa shape index (κ3) is 6.34. The summed E-state index contributed by atoms with van der Waals surface area (Å²) in [5, 5.41) is 1.48. The van der Waals surface area contributed by atoms with E-state index < -0.39 is 10.4 Å². The van der Waals surface area contributed by atoms with Gasteiger partial charge in [-0.1, -0.05) is 71.9 Å². The van der Waals surface area contributed by atoms with E-state index in [0.717, 1.165) is 31.2 Å². The molecule has 1 saturated carbocycles. The predicted molar refractivity (Wildman–Crippen MR) is 101 cm³/mol. The second-order valence-electron chi connectivity index (χ2n) is 6.97. The number of ether oxygens (including phenoxy) is 1. The molecule has 1 aliphatic carbocycles. The Balaban J connectivity index is 2.01. The fourth-order valence-corrected chi connectivity index (χ4v) is 3.16. The molecule has 0 heterocycles. The van der Waals surface area contributed by atoms with Crippen LogP contribution in [0.1, 0.15) is 57.9 Å². The highest BCUT2D eigenvalue weighted by atomic mass is 79.9. The highest BCUT2D eigenvalue weighted by Gasteiger charge is 2.35. The maximum Gasteiger partial charge on any atom is 0.426 e. The summed E-state index contributed by atoms with van der Waals surface area (Å²) in [5.74, 6) is -0.156. The van der Waals surface area contributed by atoms with Gasteiger partial charge in [-0.3, -0.25) is 4.79 Å². The van der Waals surface area contributed by atoms with Crippen molar-refractivity contribution in [3.63, 3.8) is 0 Å². The Morgan fingerprint density at radius 1 is 1.16 bits per heavy atom. The van der Waals surface area contributed by atoms with E-state index in [-0.39, 0.29) is 18.6 Å². The molecule has 1 aromatic rings. The number of hydrazine groups is 1. The van der Waals surface area contributed by atoms with Gasteiger partial charge in [0.05, 0.1) is 6.04 Å². The highest BCUT2D eigenvalue weighted by molar-refractivity contribution is 9.10. The standard InChI is InChI=1S/C19H27BrN2O3/c1-19(2,20)17(23)22(16-12-8-3-4-9-13-16)21-18(24)25-14-15-10-6-5-7-11-15/h5-7,10-11,16H,3-4,8-9,12-14H2,1-2H3,(H,21,24). The molecule has 1 aliphatic rings. The molecule has 0 bridgehead atoms. The van der Waals surface area contributed by atoms with Crippen LogP contribution in [0, 0.1) is 0 Å². The lowest BCUT2D eigenvalue weighted by Crippen LogP contribution is -2.56. The number of hydrogen-bond acceptors (Lipinski definition) is 3. The number of alkyl halides is 1. The van der Waals surface area contributed by atoms with E-state index in [1.807, 2.05) is 30.3 Å². The Kier molecular flexibility index (Phi) is 7.29. The molecule has 138 valence electrons. The first-order valence-corrected chi connectivity index (χ1v) is 9.67. The molecule has 0 atom stereocenters. The minimum atomic E-state index is -0.744. The van der Waals surface area contributed by atoms with Crippen LogP contribution in [-0.2, 0) is 16.1 Å². The quantitative estimate of drug-likeness (QED) is 0.449. The average molecular weight is 411 g/mol. The van der Waals surface area contributed by atoms with Crippen LogP contribution >= 0.6 is 15.9 Å². The van der Waals surface area contributed by atoms with Crippen molar-refractivity contribution in [2.75, 3.05) is 0 Å². The first-order valence-electron chi connectivity index (χ1n) is 8.88. The fraction of sp³-hybridized carbons (Fsp3) is 0.579. The number of carbonyl (C=O) groups is 2. The Hall–Kier alpha value is -1.56. The number of nitrogens with one attached hydrogen (secondary N) is 1. The van der Waals surface area contributed by atoms with Gasteiger partial charge in [0.15, 0.2) is 0 Å². The van der Waals surface area contributed by atoms with Crippen LogP contribution in [0.15, 0.2) is 30.3 Å². The average Bonchev–Trinajstić information content (AvgIpc) is 2.86. The maximum absolute atomic E-state index is 12.8.